The fourth-order valence-electron chi connectivity index (χ4n) is 4.12. The van der Waals surface area contributed by atoms with Gasteiger partial charge in [0.15, 0.2) is 4.77 Å². The minimum atomic E-state index is 0.701. The molecule has 0 spiro atoms. The maximum atomic E-state index is 5.22. The molecule has 1 N–H and O–H groups in total. The molecule has 0 saturated heterocycles. The van der Waals surface area contributed by atoms with Gasteiger partial charge in [-0.3, -0.25) is 5.10 Å². The van der Waals surface area contributed by atoms with Crippen molar-refractivity contribution in [3.8, 4) is 0 Å². The maximum Gasteiger partial charge on any atom is 0.195 e. The zero-order chi connectivity index (χ0) is 9.28. The third-order valence-corrected chi connectivity index (χ3v) is 4.89. The highest BCUT2D eigenvalue weighted by Gasteiger charge is 2.65. The van der Waals surface area contributed by atoms with Gasteiger partial charge in [-0.2, -0.15) is 5.10 Å². The summed E-state index contributed by atoms with van der Waals surface area (Å²) in [4.78, 5) is 0. The molecule has 1 aromatic rings. The summed E-state index contributed by atoms with van der Waals surface area (Å²) >= 11 is 5.22. The lowest BCUT2D eigenvalue weighted by atomic mass is 10.0. The Labute approximate surface area is 87.5 Å². The fourth-order valence-corrected chi connectivity index (χ4v) is 4.34. The van der Waals surface area contributed by atoms with Crippen molar-refractivity contribution in [1.82, 2.24) is 14.8 Å². The molecule has 4 unspecified atom stereocenters. The van der Waals surface area contributed by atoms with E-state index < -0.39 is 0 Å². The number of fused-ring (bicyclic) bond motifs is 5. The van der Waals surface area contributed by atoms with Crippen LogP contribution in [0.1, 0.15) is 25.3 Å². The van der Waals surface area contributed by atoms with Crippen LogP contribution in [0.3, 0.4) is 0 Å². The number of aromatic amines is 1. The minimum absolute atomic E-state index is 0.701. The third-order valence-electron chi connectivity index (χ3n) is 4.59. The lowest BCUT2D eigenvalue weighted by Crippen LogP contribution is -2.03. The predicted molar refractivity (Wildman–Crippen MR) is 54.3 cm³/mol. The third kappa shape index (κ3) is 0.749. The van der Waals surface area contributed by atoms with Gasteiger partial charge in [-0.25, -0.2) is 0 Å². The average molecular weight is 207 g/mol. The zero-order valence-electron chi connectivity index (χ0n) is 7.89. The number of nitrogens with one attached hydrogen (secondary N) is 1. The predicted octanol–water partition coefficient (Wildman–Crippen LogP) is 2.16. The summed E-state index contributed by atoms with van der Waals surface area (Å²) in [6.07, 6.45) is 6.31. The second kappa shape index (κ2) is 2.30. The molecule has 4 heteroatoms. The van der Waals surface area contributed by atoms with Gasteiger partial charge in [0.05, 0.1) is 0 Å². The Bertz CT molecular complexity index is 419. The Morgan fingerprint density at radius 2 is 2.07 bits per heavy atom. The van der Waals surface area contributed by atoms with Crippen molar-refractivity contribution >= 4 is 12.2 Å². The molecule has 3 aliphatic carbocycles. The molecule has 3 aliphatic rings. The van der Waals surface area contributed by atoms with E-state index in [0.717, 1.165) is 28.4 Å². The van der Waals surface area contributed by atoms with Crippen LogP contribution in [0.15, 0.2) is 6.33 Å². The SMILES string of the molecule is S=c1[nH]ncn1C1C2C3CCC(C3)C21. The molecular formula is C10H13N3S. The largest absolute Gasteiger partial charge is 0.303 e. The van der Waals surface area contributed by atoms with Crippen LogP contribution in [0.5, 0.6) is 0 Å². The summed E-state index contributed by atoms with van der Waals surface area (Å²) in [5.41, 5.74) is 0. The van der Waals surface area contributed by atoms with Crippen LogP contribution >= 0.6 is 12.2 Å². The molecule has 4 atom stereocenters. The van der Waals surface area contributed by atoms with E-state index in [0.29, 0.717) is 6.04 Å². The van der Waals surface area contributed by atoms with Crippen LogP contribution in [-0.2, 0) is 0 Å². The zero-order valence-corrected chi connectivity index (χ0v) is 8.70. The van der Waals surface area contributed by atoms with Crippen LogP contribution in [0.25, 0.3) is 0 Å². The molecule has 3 fully saturated rings. The van der Waals surface area contributed by atoms with E-state index >= 15 is 0 Å². The van der Waals surface area contributed by atoms with Crippen LogP contribution in [0.2, 0.25) is 0 Å². The molecule has 0 amide bonds. The van der Waals surface area contributed by atoms with Crippen LogP contribution in [0, 0.1) is 28.4 Å². The number of H-pyrrole nitrogens is 1. The van der Waals surface area contributed by atoms with E-state index in [1.165, 1.54) is 19.3 Å². The second-order valence-electron chi connectivity index (χ2n) is 5.05. The number of rotatable bonds is 1. The number of hydrogen-bond donors (Lipinski definition) is 1. The molecule has 0 aromatic carbocycles. The first kappa shape index (κ1) is 7.63. The molecule has 4 rings (SSSR count). The van der Waals surface area contributed by atoms with Crippen molar-refractivity contribution in [3.05, 3.63) is 11.1 Å². The summed E-state index contributed by atoms with van der Waals surface area (Å²) in [5, 5.41) is 6.87. The van der Waals surface area contributed by atoms with Gasteiger partial charge in [-0.15, -0.1) is 0 Å². The van der Waals surface area contributed by atoms with Crippen molar-refractivity contribution in [2.75, 3.05) is 0 Å². The van der Waals surface area contributed by atoms with E-state index in [1.54, 1.807) is 0 Å². The standard InChI is InChI=1S/C10H13N3S/c14-10-12-11-4-13(10)9-7-5-1-2-6(3-5)8(7)9/h4-9H,1-3H2,(H,12,14). The molecule has 14 heavy (non-hydrogen) atoms. The molecule has 0 radical (unpaired) electrons. The molecular weight excluding hydrogens is 194 g/mol. The molecule has 1 aromatic heterocycles. The van der Waals surface area contributed by atoms with Gasteiger partial charge in [0.1, 0.15) is 6.33 Å². The topological polar surface area (TPSA) is 33.6 Å². The highest BCUT2D eigenvalue weighted by Crippen LogP contribution is 2.71. The van der Waals surface area contributed by atoms with Gasteiger partial charge in [-0.05, 0) is 55.2 Å². The highest BCUT2D eigenvalue weighted by atomic mass is 32.1. The molecule has 74 valence electrons. The quantitative estimate of drug-likeness (QED) is 0.716. The summed E-state index contributed by atoms with van der Waals surface area (Å²) in [7, 11) is 0. The lowest BCUT2D eigenvalue weighted by Gasteiger charge is -2.08. The first-order chi connectivity index (χ1) is 6.86. The summed E-state index contributed by atoms with van der Waals surface area (Å²) in [6.45, 7) is 0. The minimum Gasteiger partial charge on any atom is -0.303 e. The first-order valence-electron chi connectivity index (χ1n) is 5.48. The van der Waals surface area contributed by atoms with E-state index in [2.05, 4.69) is 14.8 Å². The second-order valence-corrected chi connectivity index (χ2v) is 5.43. The van der Waals surface area contributed by atoms with E-state index in [4.69, 9.17) is 12.2 Å². The van der Waals surface area contributed by atoms with Gasteiger partial charge in [0, 0.05) is 6.04 Å². The summed E-state index contributed by atoms with van der Waals surface area (Å²) < 4.78 is 3.00. The Kier molecular flexibility index (Phi) is 1.25. The maximum absolute atomic E-state index is 5.22. The lowest BCUT2D eigenvalue weighted by molar-refractivity contribution is 0.451. The van der Waals surface area contributed by atoms with E-state index in [-0.39, 0.29) is 0 Å². The van der Waals surface area contributed by atoms with E-state index in [1.807, 2.05) is 6.33 Å². The van der Waals surface area contributed by atoms with Crippen molar-refractivity contribution < 1.29 is 0 Å². The average Bonchev–Trinajstić information content (AvgIpc) is 2.59. The van der Waals surface area contributed by atoms with Crippen molar-refractivity contribution in [2.24, 2.45) is 23.7 Å². The monoisotopic (exact) mass is 207 g/mol. The Morgan fingerprint density at radius 3 is 2.64 bits per heavy atom. The Balaban J connectivity index is 1.73. The molecule has 3 saturated carbocycles. The number of hydrogen-bond acceptors (Lipinski definition) is 2. The molecule has 0 aliphatic heterocycles. The van der Waals surface area contributed by atoms with Gasteiger partial charge in [-0.1, -0.05) is 0 Å². The molecule has 3 nitrogen and oxygen atoms in total. The van der Waals surface area contributed by atoms with Crippen molar-refractivity contribution in [3.63, 3.8) is 0 Å². The smallest absolute Gasteiger partial charge is 0.195 e. The van der Waals surface area contributed by atoms with Gasteiger partial charge in [0.2, 0.25) is 0 Å². The van der Waals surface area contributed by atoms with E-state index in [9.17, 15) is 0 Å². The Morgan fingerprint density at radius 1 is 1.36 bits per heavy atom. The van der Waals surface area contributed by atoms with Crippen molar-refractivity contribution in [2.45, 2.75) is 25.3 Å². The van der Waals surface area contributed by atoms with Crippen LogP contribution < -0.4 is 0 Å². The Hall–Kier alpha value is -0.640. The van der Waals surface area contributed by atoms with Crippen molar-refractivity contribution in [1.29, 1.82) is 0 Å². The normalized spacial score (nSPS) is 48.1. The van der Waals surface area contributed by atoms with Crippen LogP contribution in [-0.4, -0.2) is 14.8 Å². The number of nitrogens with zero attached hydrogens (tertiary/aromatic N) is 2. The highest BCUT2D eigenvalue weighted by molar-refractivity contribution is 7.71. The number of aromatic nitrogens is 3. The van der Waals surface area contributed by atoms with Gasteiger partial charge >= 0.3 is 0 Å². The van der Waals surface area contributed by atoms with Crippen LogP contribution in [0.4, 0.5) is 0 Å². The summed E-state index contributed by atoms with van der Waals surface area (Å²) in [6, 6.07) is 0.701. The molecule has 1 heterocycles. The molecule has 2 bridgehead atoms. The first-order valence-corrected chi connectivity index (χ1v) is 5.88. The fraction of sp³-hybridized carbons (Fsp3) is 0.800. The summed E-state index contributed by atoms with van der Waals surface area (Å²) in [5.74, 6) is 3.90. The van der Waals surface area contributed by atoms with Gasteiger partial charge < -0.3 is 4.57 Å². The van der Waals surface area contributed by atoms with Gasteiger partial charge in [0.25, 0.3) is 0 Å².